The highest BCUT2D eigenvalue weighted by atomic mass is 79.9. The number of nitrogens with zero attached hydrogens (tertiary/aromatic N) is 1. The third-order valence-electron chi connectivity index (χ3n) is 1.91. The van der Waals surface area contributed by atoms with Crippen LogP contribution in [-0.4, -0.2) is 0 Å². The van der Waals surface area contributed by atoms with Gasteiger partial charge in [0.05, 0.1) is 11.4 Å². The van der Waals surface area contributed by atoms with Crippen LogP contribution in [0.4, 0.5) is 11.4 Å². The molecule has 0 aliphatic heterocycles. The molecule has 0 fully saturated rings. The second kappa shape index (κ2) is 4.81. The number of rotatable bonds is 2. The molecule has 0 unspecified atom stereocenters. The van der Waals surface area contributed by atoms with Crippen LogP contribution >= 0.6 is 31.9 Å². The van der Waals surface area contributed by atoms with Gasteiger partial charge in [0.2, 0.25) is 0 Å². The first-order valence-corrected chi connectivity index (χ1v) is 6.05. The van der Waals surface area contributed by atoms with Gasteiger partial charge in [0.1, 0.15) is 0 Å². The summed E-state index contributed by atoms with van der Waals surface area (Å²) in [6.07, 6.45) is 0. The van der Waals surface area contributed by atoms with Gasteiger partial charge >= 0.3 is 0 Å². The molecular formula is C12H8Br2N. The summed E-state index contributed by atoms with van der Waals surface area (Å²) < 4.78 is 2.13. The summed E-state index contributed by atoms with van der Waals surface area (Å²) in [7, 11) is 0. The zero-order valence-electron chi connectivity index (χ0n) is 7.82. The molecule has 1 radical (unpaired) electrons. The van der Waals surface area contributed by atoms with Crippen LogP contribution in [0.1, 0.15) is 0 Å². The highest BCUT2D eigenvalue weighted by Gasteiger charge is 1.96. The monoisotopic (exact) mass is 324 g/mol. The minimum atomic E-state index is 0.959. The summed E-state index contributed by atoms with van der Waals surface area (Å²) in [5.41, 5.74) is 1.92. The smallest absolute Gasteiger partial charge is 0.0637 e. The molecule has 0 atom stereocenters. The van der Waals surface area contributed by atoms with Gasteiger partial charge in [-0.2, -0.15) is 0 Å². The van der Waals surface area contributed by atoms with Gasteiger partial charge in [-0.1, -0.05) is 31.9 Å². The van der Waals surface area contributed by atoms with Gasteiger partial charge in [0.25, 0.3) is 0 Å². The van der Waals surface area contributed by atoms with Crippen molar-refractivity contribution in [1.82, 2.24) is 5.32 Å². The van der Waals surface area contributed by atoms with Crippen LogP contribution in [0, 0.1) is 0 Å². The Morgan fingerprint density at radius 1 is 0.600 bits per heavy atom. The maximum absolute atomic E-state index is 4.48. The molecule has 75 valence electrons. The van der Waals surface area contributed by atoms with E-state index in [1.807, 2.05) is 48.5 Å². The van der Waals surface area contributed by atoms with Gasteiger partial charge in [-0.25, -0.2) is 5.32 Å². The van der Waals surface area contributed by atoms with E-state index < -0.39 is 0 Å². The van der Waals surface area contributed by atoms with Crippen molar-refractivity contribution in [2.45, 2.75) is 0 Å². The van der Waals surface area contributed by atoms with Crippen LogP contribution in [0.2, 0.25) is 0 Å². The van der Waals surface area contributed by atoms with E-state index >= 15 is 0 Å². The first kappa shape index (κ1) is 10.7. The van der Waals surface area contributed by atoms with E-state index in [9.17, 15) is 0 Å². The lowest BCUT2D eigenvalue weighted by molar-refractivity contribution is 1.18. The van der Waals surface area contributed by atoms with Crippen molar-refractivity contribution in [1.29, 1.82) is 0 Å². The molecule has 0 aliphatic rings. The number of benzene rings is 2. The minimum Gasteiger partial charge on any atom is -0.249 e. The van der Waals surface area contributed by atoms with Crippen molar-refractivity contribution in [2.75, 3.05) is 0 Å². The molecule has 15 heavy (non-hydrogen) atoms. The molecule has 2 aromatic carbocycles. The van der Waals surface area contributed by atoms with Gasteiger partial charge in [-0.3, -0.25) is 0 Å². The van der Waals surface area contributed by atoms with Crippen molar-refractivity contribution in [3.05, 3.63) is 57.5 Å². The normalized spacial score (nSPS) is 10.0. The molecule has 2 aromatic rings. The van der Waals surface area contributed by atoms with Gasteiger partial charge in [-0.15, -0.1) is 0 Å². The number of halogens is 2. The van der Waals surface area contributed by atoms with Crippen LogP contribution < -0.4 is 5.32 Å². The largest absolute Gasteiger partial charge is 0.249 e. The van der Waals surface area contributed by atoms with E-state index in [0.29, 0.717) is 0 Å². The Labute approximate surface area is 106 Å². The van der Waals surface area contributed by atoms with Gasteiger partial charge in [0, 0.05) is 8.95 Å². The zero-order valence-corrected chi connectivity index (χ0v) is 11.0. The topological polar surface area (TPSA) is 14.1 Å². The number of hydrogen-bond donors (Lipinski definition) is 0. The average Bonchev–Trinajstić information content (AvgIpc) is 2.25. The lowest BCUT2D eigenvalue weighted by Crippen LogP contribution is -1.87. The van der Waals surface area contributed by atoms with E-state index in [0.717, 1.165) is 20.3 Å². The summed E-state index contributed by atoms with van der Waals surface area (Å²) in [4.78, 5) is 0. The Bertz CT molecular complexity index is 391. The number of hydrogen-bond acceptors (Lipinski definition) is 0. The van der Waals surface area contributed by atoms with Crippen LogP contribution in [0.25, 0.3) is 0 Å². The molecule has 0 amide bonds. The van der Waals surface area contributed by atoms with E-state index in [4.69, 9.17) is 0 Å². The first-order chi connectivity index (χ1) is 7.24. The maximum Gasteiger partial charge on any atom is 0.0637 e. The lowest BCUT2D eigenvalue weighted by Gasteiger charge is -2.02. The molecule has 0 aliphatic carbocycles. The molecule has 0 heterocycles. The van der Waals surface area contributed by atoms with Crippen molar-refractivity contribution >= 4 is 43.2 Å². The summed E-state index contributed by atoms with van der Waals surface area (Å²) in [5, 5.41) is 4.48. The summed E-state index contributed by atoms with van der Waals surface area (Å²) in [6.45, 7) is 0. The van der Waals surface area contributed by atoms with E-state index in [1.54, 1.807) is 0 Å². The lowest BCUT2D eigenvalue weighted by atomic mass is 10.3. The van der Waals surface area contributed by atoms with E-state index in [1.165, 1.54) is 0 Å². The average molecular weight is 326 g/mol. The summed E-state index contributed by atoms with van der Waals surface area (Å²) >= 11 is 6.79. The molecule has 0 saturated carbocycles. The summed E-state index contributed by atoms with van der Waals surface area (Å²) in [6, 6.07) is 15.8. The molecule has 3 heteroatoms. The fraction of sp³-hybridized carbons (Fsp3) is 0. The first-order valence-electron chi connectivity index (χ1n) is 4.47. The summed E-state index contributed by atoms with van der Waals surface area (Å²) in [5.74, 6) is 0. The third-order valence-corrected chi connectivity index (χ3v) is 2.97. The highest BCUT2D eigenvalue weighted by molar-refractivity contribution is 9.10. The fourth-order valence-corrected chi connectivity index (χ4v) is 1.71. The van der Waals surface area contributed by atoms with Crippen molar-refractivity contribution < 1.29 is 0 Å². The highest BCUT2D eigenvalue weighted by Crippen LogP contribution is 2.21. The van der Waals surface area contributed by atoms with Gasteiger partial charge in [0.15, 0.2) is 0 Å². The van der Waals surface area contributed by atoms with Crippen LogP contribution in [0.3, 0.4) is 0 Å². The van der Waals surface area contributed by atoms with Crippen LogP contribution in [0.5, 0.6) is 0 Å². The zero-order chi connectivity index (χ0) is 10.7. The van der Waals surface area contributed by atoms with Crippen LogP contribution in [0.15, 0.2) is 57.5 Å². The quantitative estimate of drug-likeness (QED) is 0.754. The molecule has 1 nitrogen and oxygen atoms in total. The second-order valence-corrected chi connectivity index (χ2v) is 4.90. The second-order valence-electron chi connectivity index (χ2n) is 3.06. The maximum atomic E-state index is 4.48. The van der Waals surface area contributed by atoms with Gasteiger partial charge in [-0.05, 0) is 48.5 Å². The van der Waals surface area contributed by atoms with Crippen molar-refractivity contribution in [3.63, 3.8) is 0 Å². The Balaban J connectivity index is 2.15. The van der Waals surface area contributed by atoms with Crippen molar-refractivity contribution in [2.24, 2.45) is 0 Å². The third kappa shape index (κ3) is 3.08. The molecule has 0 aromatic heterocycles. The van der Waals surface area contributed by atoms with Crippen molar-refractivity contribution in [3.8, 4) is 0 Å². The predicted octanol–water partition coefficient (Wildman–Crippen LogP) is 4.78. The van der Waals surface area contributed by atoms with Crippen LogP contribution in [-0.2, 0) is 0 Å². The molecule has 0 saturated heterocycles. The molecule has 2 rings (SSSR count). The Morgan fingerprint density at radius 2 is 0.933 bits per heavy atom. The Kier molecular flexibility index (Phi) is 3.44. The fourth-order valence-electron chi connectivity index (χ4n) is 1.18. The predicted molar refractivity (Wildman–Crippen MR) is 69.7 cm³/mol. The molecule has 0 N–H and O–H groups in total. The Morgan fingerprint density at radius 3 is 1.27 bits per heavy atom. The van der Waals surface area contributed by atoms with E-state index in [-0.39, 0.29) is 0 Å². The molecule has 0 spiro atoms. The SMILES string of the molecule is Brc1ccc([N]c2ccc(Br)cc2)cc1. The van der Waals surface area contributed by atoms with E-state index in [2.05, 4.69) is 37.2 Å². The molecule has 0 bridgehead atoms. The Hall–Kier alpha value is -0.800. The minimum absolute atomic E-state index is 0.959. The standard InChI is InChI=1S/C12H8Br2N/c13-9-1-5-11(6-2-9)15-12-7-3-10(14)4-8-12/h1-8H. The van der Waals surface area contributed by atoms with Gasteiger partial charge < -0.3 is 0 Å². The molecular weight excluding hydrogens is 318 g/mol.